The van der Waals surface area contributed by atoms with Gasteiger partial charge >= 0.3 is 0 Å². The number of halogens is 2. The molecular formula is C94H117F2NO4. The molecule has 1 saturated carbocycles. The topological polar surface area (TPSA) is 50.8 Å². The molecule has 10 aromatic rings. The molecule has 2 N–H and O–H groups in total. The summed E-state index contributed by atoms with van der Waals surface area (Å²) in [5.41, 5.74) is 13.2. The van der Waals surface area contributed by atoms with Gasteiger partial charge in [-0.3, -0.25) is 0 Å². The first-order valence-electron chi connectivity index (χ1n) is 37.1. The van der Waals surface area contributed by atoms with Gasteiger partial charge in [0.1, 0.15) is 23.1 Å². The number of nitrogens with zero attached hydrogens (tertiary/aromatic N) is 1. The lowest BCUT2D eigenvalue weighted by molar-refractivity contribution is -0.0612. The number of hydrogen-bond acceptors (Lipinski definition) is 2. The van der Waals surface area contributed by atoms with Gasteiger partial charge in [-0.05, 0) is 231 Å². The van der Waals surface area contributed by atoms with Crippen LogP contribution in [-0.4, -0.2) is 28.0 Å². The van der Waals surface area contributed by atoms with E-state index in [1.54, 1.807) is 24.3 Å². The molecule has 9 aromatic carbocycles. The molecule has 5 nitrogen and oxygen atoms in total. The predicted octanol–water partition coefficient (Wildman–Crippen LogP) is 27.6. The molecule has 101 heavy (non-hydrogen) atoms. The van der Waals surface area contributed by atoms with Crippen LogP contribution in [0.1, 0.15) is 235 Å². The molecule has 2 atom stereocenters. The number of phenols is 2. The molecule has 2 unspecified atom stereocenters. The molecule has 0 aliphatic heterocycles. The van der Waals surface area contributed by atoms with Gasteiger partial charge in [0.15, 0.2) is 13.2 Å². The Bertz CT molecular complexity index is 4690. The summed E-state index contributed by atoms with van der Waals surface area (Å²) in [5.74, 6) is 0.823. The van der Waals surface area contributed by atoms with Crippen molar-refractivity contribution in [1.82, 2.24) is 4.57 Å². The van der Waals surface area contributed by atoms with E-state index in [9.17, 15) is 10.2 Å². The highest BCUT2D eigenvalue weighted by Gasteiger charge is 2.38. The maximum absolute atomic E-state index is 16.7. The first-order valence-corrected chi connectivity index (χ1v) is 37.1. The highest BCUT2D eigenvalue weighted by atomic mass is 19.1. The van der Waals surface area contributed by atoms with Gasteiger partial charge in [-0.15, -0.1) is 0 Å². The number of hydrogen-bond donors (Lipinski definition) is 2. The van der Waals surface area contributed by atoms with Gasteiger partial charge in [0.05, 0.1) is 27.8 Å². The monoisotopic (exact) mass is 1360 g/mol. The zero-order valence-corrected chi connectivity index (χ0v) is 65.8. The minimum Gasteiger partial charge on any atom is -0.711 e. The van der Waals surface area contributed by atoms with Crippen molar-refractivity contribution in [3.8, 4) is 62.1 Å². The lowest BCUT2D eigenvalue weighted by Gasteiger charge is -2.41. The summed E-state index contributed by atoms with van der Waals surface area (Å²) in [6.45, 7) is 54.5. The lowest BCUT2D eigenvalue weighted by Crippen LogP contribution is -2.31. The van der Waals surface area contributed by atoms with Gasteiger partial charge in [-0.1, -0.05) is 214 Å². The maximum Gasteiger partial charge on any atom is 0.237 e. The summed E-state index contributed by atoms with van der Waals surface area (Å²) in [7, 11) is 9.60. The molecule has 1 aromatic heterocycles. The Morgan fingerprint density at radius 2 is 0.752 bits per heavy atom. The quantitative estimate of drug-likeness (QED) is 0.0648. The van der Waals surface area contributed by atoms with Crippen LogP contribution >= 0.6 is 0 Å². The highest BCUT2D eigenvalue weighted by molar-refractivity contribution is 6.15. The number of benzene rings is 9. The van der Waals surface area contributed by atoms with E-state index in [1.807, 2.05) is 13.8 Å². The van der Waals surface area contributed by atoms with Crippen molar-refractivity contribution in [3.05, 3.63) is 198 Å². The summed E-state index contributed by atoms with van der Waals surface area (Å²) in [4.78, 5) is 0. The summed E-state index contributed by atoms with van der Waals surface area (Å²) in [6.07, 6.45) is 5.52. The van der Waals surface area contributed by atoms with E-state index in [0.29, 0.717) is 69.3 Å². The van der Waals surface area contributed by atoms with Crippen LogP contribution in [0.25, 0.3) is 82.4 Å². The number of phenolic OH excluding ortho intramolecular Hbond substituents is 2. The second-order valence-electron chi connectivity index (χ2n) is 38.3. The average molecular weight is 1360 g/mol. The largest absolute Gasteiger partial charge is 0.711 e. The van der Waals surface area contributed by atoms with Gasteiger partial charge in [-0.25, -0.2) is 8.78 Å². The van der Waals surface area contributed by atoms with Crippen LogP contribution in [0, 0.1) is 62.4 Å². The smallest absolute Gasteiger partial charge is 0.237 e. The van der Waals surface area contributed by atoms with E-state index in [4.69, 9.17) is 14.2 Å². The molecule has 1 aliphatic carbocycles. The van der Waals surface area contributed by atoms with E-state index in [2.05, 4.69) is 269 Å². The summed E-state index contributed by atoms with van der Waals surface area (Å²) >= 11 is 0. The van der Waals surface area contributed by atoms with E-state index in [1.165, 1.54) is 22.3 Å². The normalized spacial score (nSPS) is 15.6. The molecule has 11 rings (SSSR count). The van der Waals surface area contributed by atoms with Crippen molar-refractivity contribution in [2.75, 3.05) is 13.2 Å². The molecular weight excluding hydrogens is 1250 g/mol. The third-order valence-electron chi connectivity index (χ3n) is 21.9. The van der Waals surface area contributed by atoms with Crippen LogP contribution < -0.4 is 0 Å². The molecule has 1 heterocycles. The van der Waals surface area contributed by atoms with Crippen molar-refractivity contribution >= 4 is 43.4 Å². The number of fused-ring (bicyclic) bond motifs is 5. The second kappa shape index (κ2) is 26.3. The van der Waals surface area contributed by atoms with E-state index in [-0.39, 0.29) is 66.7 Å². The molecule has 0 saturated heterocycles. The Balaban J connectivity index is 1.04. The second-order valence-corrected chi connectivity index (χ2v) is 38.3. The number of aromatic nitrogens is 1. The van der Waals surface area contributed by atoms with Crippen molar-refractivity contribution in [2.45, 2.75) is 237 Å². The lowest BCUT2D eigenvalue weighted by atomic mass is 9.71. The molecule has 0 amide bonds. The number of aromatic hydroxyl groups is 2. The Morgan fingerprint density at radius 1 is 0.396 bits per heavy atom. The first kappa shape index (κ1) is 74.5. The van der Waals surface area contributed by atoms with Gasteiger partial charge in [-0.2, -0.15) is 0 Å². The summed E-state index contributed by atoms with van der Waals surface area (Å²) in [5, 5.41) is 33.6. The fraction of sp³-hybridized carbons (Fsp3) is 0.447. The first-order chi connectivity index (χ1) is 46.6. The molecule has 536 valence electrons. The molecule has 1 fully saturated rings. The number of aryl methyl sites for hydroxylation is 2. The fourth-order valence-corrected chi connectivity index (χ4v) is 17.2. The Kier molecular flexibility index (Phi) is 19.4. The zero-order valence-electron chi connectivity index (χ0n) is 65.8. The molecule has 1 aliphatic rings. The van der Waals surface area contributed by atoms with Gasteiger partial charge in [0.2, 0.25) is 11.5 Å². The van der Waals surface area contributed by atoms with Crippen LogP contribution in [0.4, 0.5) is 8.78 Å². The Hall–Kier alpha value is -7.64. The molecule has 0 radical (unpaired) electrons. The molecule has 0 bridgehead atoms. The minimum absolute atomic E-state index is 0.0466. The van der Waals surface area contributed by atoms with Crippen molar-refractivity contribution in [1.29, 1.82) is 0 Å². The third-order valence-corrected chi connectivity index (χ3v) is 21.9. The molecule has 7 heteroatoms. The predicted molar refractivity (Wildman–Crippen MR) is 427 cm³/mol. The van der Waals surface area contributed by atoms with E-state index < -0.39 is 11.6 Å². The van der Waals surface area contributed by atoms with Crippen molar-refractivity contribution in [3.63, 3.8) is 0 Å². The van der Waals surface area contributed by atoms with Crippen LogP contribution in [0.2, 0.25) is 0 Å². The third kappa shape index (κ3) is 15.1. The van der Waals surface area contributed by atoms with E-state index in [0.717, 1.165) is 98.6 Å². The van der Waals surface area contributed by atoms with Crippen LogP contribution in [0.5, 0.6) is 23.0 Å². The van der Waals surface area contributed by atoms with Crippen molar-refractivity contribution < 1.29 is 27.7 Å². The van der Waals surface area contributed by atoms with Crippen LogP contribution in [0.15, 0.2) is 127 Å². The highest BCUT2D eigenvalue weighted by Crippen LogP contribution is 2.55. The Labute approximate surface area is 605 Å². The molecule has 0 spiro atoms. The summed E-state index contributed by atoms with van der Waals surface area (Å²) < 4.78 is 42.2. The Morgan fingerprint density at radius 3 is 1.14 bits per heavy atom. The van der Waals surface area contributed by atoms with Crippen LogP contribution in [-0.2, 0) is 41.2 Å². The minimum atomic E-state index is -0.404. The van der Waals surface area contributed by atoms with Gasteiger partial charge < -0.3 is 23.5 Å². The summed E-state index contributed by atoms with van der Waals surface area (Å²) in [6, 6.07) is 44.3. The van der Waals surface area contributed by atoms with Gasteiger partial charge in [0.25, 0.3) is 0 Å². The number of rotatable bonds is 14. The maximum atomic E-state index is 16.7. The standard InChI is InChI=1S/C94H117F2NO4/c1-56-39-68(95)50-76(74-44-66(93(21,22)54-87(3,4)5)46-78(83(74)98)82-72-42-62(89(9,10)11)33-31-58(72)41-59-32-34-63(43-73(59)82)90(12,13)14)85(56)100(25)52-60-29-27-28-30-61(60)53-101(26)86-57(2)40-69(96)51-77(86)75-45-67(94(23,24)55-88(6,7)8)49-81(84(75)99)97-79-47-64(91(15,16)17)35-37-70(79)71-38-36-65(48-80(71)97)92(18,19)20/h31-51,60-61,98-99H,25-30,52-55H2,1-24H3. The van der Waals surface area contributed by atoms with E-state index >= 15 is 8.78 Å². The van der Waals surface area contributed by atoms with Gasteiger partial charge in [0, 0.05) is 56.0 Å². The zero-order chi connectivity index (χ0) is 74.1. The fourth-order valence-electron chi connectivity index (χ4n) is 17.2. The SMILES string of the molecule is [CH2-][O+](CC1CCCCC1C[O+]([CH2-])c1c(C)cc(F)cc1-c1cc(C(C)(C)CC(C)(C)C)cc(-n2c3cc(C(C)(C)C)ccc3c3ccc(C(C)(C)C)cc32)c1O)c1c(C)cc(F)cc1-c1cc(C(C)(C)CC(C)(C)C)cc(-c2c3cc(C(C)(C)C)ccc3cc3ccc(C(C)(C)C)cc23)c1O. The van der Waals surface area contributed by atoms with Crippen molar-refractivity contribution in [2.24, 2.45) is 22.7 Å². The van der Waals surface area contributed by atoms with Crippen LogP contribution in [0.3, 0.4) is 0 Å². The average Bonchev–Trinajstić information content (AvgIpc) is 1.31.